The molecule has 3 nitrogen and oxygen atoms in total. The summed E-state index contributed by atoms with van der Waals surface area (Å²) >= 11 is 13.8. The van der Waals surface area contributed by atoms with Crippen LogP contribution in [-0.4, -0.2) is 16.8 Å². The van der Waals surface area contributed by atoms with Crippen LogP contribution in [0.15, 0.2) is 29.6 Å². The summed E-state index contributed by atoms with van der Waals surface area (Å²) in [5, 5.41) is 2.52. The summed E-state index contributed by atoms with van der Waals surface area (Å²) in [6, 6.07) is 7.12. The number of amides is 1. The van der Waals surface area contributed by atoms with Crippen LogP contribution in [0.1, 0.15) is 29.1 Å². The lowest BCUT2D eigenvalue weighted by atomic mass is 10.1. The largest absolute Gasteiger partial charge is 0.399 e. The quantitative estimate of drug-likeness (QED) is 0.819. The Bertz CT molecular complexity index is 641. The Balaban J connectivity index is 2.35. The molecule has 1 amide bonds. The third-order valence-electron chi connectivity index (χ3n) is 3.07. The monoisotopic (exact) mass is 342 g/mol. The highest BCUT2D eigenvalue weighted by Gasteiger charge is 2.23. The van der Waals surface area contributed by atoms with Crippen LogP contribution in [0.2, 0.25) is 10.0 Å². The van der Waals surface area contributed by atoms with E-state index in [0.717, 1.165) is 4.88 Å². The number of rotatable bonds is 4. The normalized spacial score (nSPS) is 10.9. The Morgan fingerprint density at radius 3 is 2.67 bits per heavy atom. The third kappa shape index (κ3) is 3.70. The summed E-state index contributed by atoms with van der Waals surface area (Å²) in [5.74, 6) is -0.169. The van der Waals surface area contributed by atoms with Crippen molar-refractivity contribution in [3.05, 3.63) is 50.1 Å². The van der Waals surface area contributed by atoms with Crippen molar-refractivity contribution in [3.8, 4) is 0 Å². The van der Waals surface area contributed by atoms with Crippen molar-refractivity contribution in [2.45, 2.75) is 26.4 Å². The Labute approximate surface area is 138 Å². The molecule has 0 saturated heterocycles. The van der Waals surface area contributed by atoms with Crippen LogP contribution >= 0.6 is 34.5 Å². The van der Waals surface area contributed by atoms with Gasteiger partial charge in [-0.05, 0) is 37.4 Å². The van der Waals surface area contributed by atoms with Gasteiger partial charge in [0.05, 0.1) is 22.2 Å². The molecule has 112 valence electrons. The van der Waals surface area contributed by atoms with Crippen LogP contribution in [0.4, 0.5) is 5.69 Å². The maximum Gasteiger partial charge on any atom is 0.256 e. The van der Waals surface area contributed by atoms with E-state index in [2.05, 4.69) is 0 Å². The zero-order chi connectivity index (χ0) is 15.6. The first-order valence-electron chi connectivity index (χ1n) is 6.48. The molecule has 1 aromatic heterocycles. The fourth-order valence-electron chi connectivity index (χ4n) is 1.98. The number of nitrogen functional groups attached to an aromatic ring is 1. The second-order valence-corrected chi connectivity index (χ2v) is 6.79. The molecule has 0 saturated carbocycles. The van der Waals surface area contributed by atoms with Gasteiger partial charge in [-0.2, -0.15) is 0 Å². The van der Waals surface area contributed by atoms with E-state index in [-0.39, 0.29) is 17.0 Å². The lowest BCUT2D eigenvalue weighted by Crippen LogP contribution is -2.36. The van der Waals surface area contributed by atoms with Crippen LogP contribution in [-0.2, 0) is 6.54 Å². The molecule has 1 heterocycles. The van der Waals surface area contributed by atoms with Gasteiger partial charge in [0.15, 0.2) is 0 Å². The van der Waals surface area contributed by atoms with E-state index in [1.54, 1.807) is 28.4 Å². The predicted octanol–water partition coefficient (Wildman–Crippen LogP) is 4.69. The van der Waals surface area contributed by atoms with Crippen molar-refractivity contribution in [1.29, 1.82) is 0 Å². The van der Waals surface area contributed by atoms with Crippen molar-refractivity contribution < 1.29 is 4.79 Å². The molecule has 2 N–H and O–H groups in total. The smallest absolute Gasteiger partial charge is 0.256 e. The molecule has 0 bridgehead atoms. The molecule has 2 rings (SSSR count). The second-order valence-electron chi connectivity index (χ2n) is 4.97. The molecular formula is C15H16Cl2N2OS. The summed E-state index contributed by atoms with van der Waals surface area (Å²) < 4.78 is 0. The lowest BCUT2D eigenvalue weighted by Gasteiger charge is -2.27. The van der Waals surface area contributed by atoms with Crippen LogP contribution in [0, 0.1) is 0 Å². The first kappa shape index (κ1) is 16.1. The standard InChI is InChI=1S/C15H16Cl2N2OS/c1-9(2)19(8-11-4-3-5-21-11)15(20)12-6-10(18)7-13(16)14(12)17/h3-7,9H,8,18H2,1-2H3. The first-order chi connectivity index (χ1) is 9.90. The summed E-state index contributed by atoms with van der Waals surface area (Å²) in [6.07, 6.45) is 0. The van der Waals surface area contributed by atoms with Gasteiger partial charge in [-0.3, -0.25) is 4.79 Å². The van der Waals surface area contributed by atoms with Gasteiger partial charge in [0.1, 0.15) is 0 Å². The third-order valence-corrected chi connectivity index (χ3v) is 4.73. The Hall–Kier alpha value is -1.23. The maximum atomic E-state index is 12.8. The van der Waals surface area contributed by atoms with Crippen molar-refractivity contribution in [2.24, 2.45) is 0 Å². The number of nitrogens with two attached hydrogens (primary N) is 1. The first-order valence-corrected chi connectivity index (χ1v) is 8.11. The van der Waals surface area contributed by atoms with Gasteiger partial charge in [-0.25, -0.2) is 0 Å². The fraction of sp³-hybridized carbons (Fsp3) is 0.267. The van der Waals surface area contributed by atoms with Crippen molar-refractivity contribution in [1.82, 2.24) is 4.90 Å². The van der Waals surface area contributed by atoms with E-state index in [0.29, 0.717) is 22.8 Å². The molecule has 0 aliphatic heterocycles. The summed E-state index contributed by atoms with van der Waals surface area (Å²) in [6.45, 7) is 4.47. The predicted molar refractivity (Wildman–Crippen MR) is 90.2 cm³/mol. The highest BCUT2D eigenvalue weighted by Crippen LogP contribution is 2.30. The van der Waals surface area contributed by atoms with Crippen LogP contribution in [0.5, 0.6) is 0 Å². The number of halogens is 2. The molecule has 0 aliphatic rings. The van der Waals surface area contributed by atoms with Gasteiger partial charge in [0.25, 0.3) is 5.91 Å². The number of anilines is 1. The molecule has 6 heteroatoms. The Morgan fingerprint density at radius 2 is 2.10 bits per heavy atom. The highest BCUT2D eigenvalue weighted by atomic mass is 35.5. The molecule has 1 aromatic carbocycles. The van der Waals surface area contributed by atoms with Crippen LogP contribution < -0.4 is 5.73 Å². The van der Waals surface area contributed by atoms with Crippen molar-refractivity contribution in [2.75, 3.05) is 5.73 Å². The molecule has 21 heavy (non-hydrogen) atoms. The molecule has 2 aromatic rings. The SMILES string of the molecule is CC(C)N(Cc1cccs1)C(=O)c1cc(N)cc(Cl)c1Cl. The topological polar surface area (TPSA) is 46.3 Å². The molecule has 0 spiro atoms. The number of hydrogen-bond acceptors (Lipinski definition) is 3. The highest BCUT2D eigenvalue weighted by molar-refractivity contribution is 7.09. The van der Waals surface area contributed by atoms with Crippen molar-refractivity contribution >= 4 is 46.1 Å². The van der Waals surface area contributed by atoms with E-state index >= 15 is 0 Å². The number of carbonyl (C=O) groups is 1. The molecule has 0 aliphatic carbocycles. The van der Waals surface area contributed by atoms with E-state index < -0.39 is 0 Å². The summed E-state index contributed by atoms with van der Waals surface area (Å²) in [7, 11) is 0. The van der Waals surface area contributed by atoms with Gasteiger partial charge in [-0.15, -0.1) is 11.3 Å². The van der Waals surface area contributed by atoms with E-state index in [4.69, 9.17) is 28.9 Å². The second kappa shape index (κ2) is 6.69. The minimum absolute atomic E-state index is 0.0378. The number of hydrogen-bond donors (Lipinski definition) is 1. The number of nitrogens with zero attached hydrogens (tertiary/aromatic N) is 1. The van der Waals surface area contributed by atoms with Gasteiger partial charge in [-0.1, -0.05) is 29.3 Å². The van der Waals surface area contributed by atoms with Gasteiger partial charge in [0, 0.05) is 16.6 Å². The van der Waals surface area contributed by atoms with Crippen LogP contribution in [0.25, 0.3) is 0 Å². The van der Waals surface area contributed by atoms with E-state index in [1.165, 1.54) is 0 Å². The molecular weight excluding hydrogens is 327 g/mol. The molecule has 0 unspecified atom stereocenters. The molecule has 0 fully saturated rings. The Morgan fingerprint density at radius 1 is 1.38 bits per heavy atom. The van der Waals surface area contributed by atoms with E-state index in [1.807, 2.05) is 31.4 Å². The maximum absolute atomic E-state index is 12.8. The van der Waals surface area contributed by atoms with E-state index in [9.17, 15) is 4.79 Å². The zero-order valence-electron chi connectivity index (χ0n) is 11.8. The summed E-state index contributed by atoms with van der Waals surface area (Å²) in [4.78, 5) is 15.6. The van der Waals surface area contributed by atoms with Gasteiger partial charge in [0.2, 0.25) is 0 Å². The van der Waals surface area contributed by atoms with Gasteiger partial charge >= 0.3 is 0 Å². The Kier molecular flexibility index (Phi) is 5.14. The fourth-order valence-corrected chi connectivity index (χ4v) is 3.10. The minimum Gasteiger partial charge on any atom is -0.399 e. The lowest BCUT2D eigenvalue weighted by molar-refractivity contribution is 0.0692. The number of thiophene rings is 1. The van der Waals surface area contributed by atoms with Crippen molar-refractivity contribution in [3.63, 3.8) is 0 Å². The number of benzene rings is 1. The molecule has 0 atom stereocenters. The summed E-state index contributed by atoms with van der Waals surface area (Å²) in [5.41, 5.74) is 6.53. The number of carbonyl (C=O) groups excluding carboxylic acids is 1. The minimum atomic E-state index is -0.169. The zero-order valence-corrected chi connectivity index (χ0v) is 14.1. The average Bonchev–Trinajstić information content (AvgIpc) is 2.92. The van der Waals surface area contributed by atoms with Gasteiger partial charge < -0.3 is 10.6 Å². The van der Waals surface area contributed by atoms with Crippen LogP contribution in [0.3, 0.4) is 0 Å². The molecule has 0 radical (unpaired) electrons. The average molecular weight is 343 g/mol.